The number of nitrogens with zero attached hydrogens (tertiary/aromatic N) is 2. The number of pyridine rings is 1. The van der Waals surface area contributed by atoms with Gasteiger partial charge in [0.05, 0.1) is 19.6 Å². The van der Waals surface area contributed by atoms with Gasteiger partial charge in [-0.3, -0.25) is 14.7 Å². The number of rotatable bonds is 8. The number of benzene rings is 2. The van der Waals surface area contributed by atoms with E-state index in [-0.39, 0.29) is 5.91 Å². The molecule has 1 amide bonds. The molecule has 172 valence electrons. The van der Waals surface area contributed by atoms with Crippen LogP contribution in [-0.4, -0.2) is 50.1 Å². The molecule has 6 heteroatoms. The second-order valence-electron chi connectivity index (χ2n) is 8.59. The third kappa shape index (κ3) is 4.86. The second-order valence-corrected chi connectivity index (χ2v) is 8.59. The van der Waals surface area contributed by atoms with Gasteiger partial charge in [0.25, 0.3) is 0 Å². The first-order valence-electron chi connectivity index (χ1n) is 11.2. The van der Waals surface area contributed by atoms with Crippen LogP contribution in [-0.2, 0) is 17.8 Å². The van der Waals surface area contributed by atoms with E-state index in [0.29, 0.717) is 19.5 Å². The van der Waals surface area contributed by atoms with Crippen LogP contribution in [0.2, 0.25) is 0 Å². The fourth-order valence-electron chi connectivity index (χ4n) is 4.83. The molecule has 0 aliphatic carbocycles. The van der Waals surface area contributed by atoms with Crippen LogP contribution in [0, 0.1) is 5.41 Å². The van der Waals surface area contributed by atoms with Gasteiger partial charge < -0.3 is 14.8 Å². The van der Waals surface area contributed by atoms with Gasteiger partial charge in [-0.1, -0.05) is 42.5 Å². The minimum absolute atomic E-state index is 0.0962. The molecule has 1 aliphatic heterocycles. The van der Waals surface area contributed by atoms with E-state index in [1.807, 2.05) is 24.4 Å². The molecule has 6 nitrogen and oxygen atoms in total. The molecule has 0 spiro atoms. The van der Waals surface area contributed by atoms with Gasteiger partial charge in [0.1, 0.15) is 0 Å². The molecule has 2 aromatic carbocycles. The van der Waals surface area contributed by atoms with Crippen molar-refractivity contribution in [2.45, 2.75) is 19.4 Å². The molecule has 0 radical (unpaired) electrons. The Kier molecular flexibility index (Phi) is 6.94. The van der Waals surface area contributed by atoms with Crippen molar-refractivity contribution in [1.29, 1.82) is 0 Å². The van der Waals surface area contributed by atoms with Gasteiger partial charge in [-0.2, -0.15) is 0 Å². The molecule has 2 heterocycles. The maximum absolute atomic E-state index is 13.1. The lowest BCUT2D eigenvalue weighted by molar-refractivity contribution is -0.130. The molecule has 0 bridgehead atoms. The number of aromatic nitrogens is 1. The Morgan fingerprint density at radius 1 is 1.06 bits per heavy atom. The minimum atomic E-state index is -0.462. The first-order valence-corrected chi connectivity index (χ1v) is 11.2. The molecule has 1 saturated heterocycles. The lowest BCUT2D eigenvalue weighted by Gasteiger charge is -2.28. The maximum Gasteiger partial charge on any atom is 0.227 e. The van der Waals surface area contributed by atoms with E-state index in [2.05, 4.69) is 51.6 Å². The molecule has 33 heavy (non-hydrogen) atoms. The Morgan fingerprint density at radius 2 is 1.88 bits per heavy atom. The zero-order valence-corrected chi connectivity index (χ0v) is 19.5. The number of likely N-dealkylation sites (tertiary alicyclic amines) is 1. The van der Waals surface area contributed by atoms with Crippen LogP contribution < -0.4 is 14.8 Å². The van der Waals surface area contributed by atoms with Gasteiger partial charge in [-0.25, -0.2) is 0 Å². The summed E-state index contributed by atoms with van der Waals surface area (Å²) in [5, 5.41) is 2.91. The van der Waals surface area contributed by atoms with Gasteiger partial charge in [0, 0.05) is 38.1 Å². The van der Waals surface area contributed by atoms with Crippen molar-refractivity contribution in [2.24, 2.45) is 5.41 Å². The third-order valence-electron chi connectivity index (χ3n) is 6.51. The summed E-state index contributed by atoms with van der Waals surface area (Å²) >= 11 is 0. The van der Waals surface area contributed by atoms with E-state index in [4.69, 9.17) is 9.47 Å². The van der Waals surface area contributed by atoms with Gasteiger partial charge in [-0.15, -0.1) is 0 Å². The molecule has 1 aliphatic rings. The Labute approximate surface area is 195 Å². The number of methoxy groups -OCH3 is 2. The standard InChI is InChI=1S/C27H31N3O3/c1-28-26(31)27(16-20-9-11-21(12-10-20)22-7-5-14-29-17-22)13-15-30(19-27)18-23-6-4-8-24(32-2)25(23)33-3/h4-12,14,17H,13,15-16,18-19H2,1-3H3,(H,28,31). The molecule has 1 unspecified atom stereocenters. The van der Waals surface area contributed by atoms with Crippen LogP contribution in [0.4, 0.5) is 0 Å². The lowest BCUT2D eigenvalue weighted by Crippen LogP contribution is -2.43. The molecule has 3 aromatic rings. The Balaban J connectivity index is 1.52. The van der Waals surface area contributed by atoms with E-state index in [0.717, 1.165) is 46.7 Å². The molecular weight excluding hydrogens is 414 g/mol. The first-order chi connectivity index (χ1) is 16.1. The summed E-state index contributed by atoms with van der Waals surface area (Å²) in [6, 6.07) is 18.4. The third-order valence-corrected chi connectivity index (χ3v) is 6.51. The van der Waals surface area contributed by atoms with Gasteiger partial charge in [0.15, 0.2) is 11.5 Å². The highest BCUT2D eigenvalue weighted by Crippen LogP contribution is 2.38. The zero-order valence-electron chi connectivity index (χ0n) is 19.5. The van der Waals surface area contributed by atoms with Gasteiger partial charge in [0.2, 0.25) is 5.91 Å². The number of ether oxygens (including phenoxy) is 2. The molecule has 1 fully saturated rings. The number of para-hydroxylation sites is 1. The van der Waals surface area contributed by atoms with E-state index in [9.17, 15) is 4.79 Å². The Bertz CT molecular complexity index is 1090. The van der Waals surface area contributed by atoms with Crippen molar-refractivity contribution in [2.75, 3.05) is 34.4 Å². The van der Waals surface area contributed by atoms with Crippen molar-refractivity contribution in [1.82, 2.24) is 15.2 Å². The van der Waals surface area contributed by atoms with Crippen molar-refractivity contribution in [3.8, 4) is 22.6 Å². The average Bonchev–Trinajstić information content (AvgIpc) is 3.27. The van der Waals surface area contributed by atoms with E-state index >= 15 is 0 Å². The maximum atomic E-state index is 13.1. The van der Waals surface area contributed by atoms with Crippen molar-refractivity contribution in [3.05, 3.63) is 78.1 Å². The normalized spacial score (nSPS) is 18.2. The van der Waals surface area contributed by atoms with Crippen LogP contribution in [0.15, 0.2) is 67.0 Å². The summed E-state index contributed by atoms with van der Waals surface area (Å²) in [5.41, 5.74) is 3.97. The van der Waals surface area contributed by atoms with Crippen molar-refractivity contribution < 1.29 is 14.3 Å². The van der Waals surface area contributed by atoms with E-state index in [1.54, 1.807) is 27.5 Å². The predicted octanol–water partition coefficient (Wildman–Crippen LogP) is 3.95. The fourth-order valence-corrected chi connectivity index (χ4v) is 4.83. The number of nitrogens with one attached hydrogen (secondary N) is 1. The highest BCUT2D eigenvalue weighted by atomic mass is 16.5. The van der Waals surface area contributed by atoms with Gasteiger partial charge >= 0.3 is 0 Å². The number of hydrogen-bond donors (Lipinski definition) is 1. The number of carbonyl (C=O) groups excluding carboxylic acids is 1. The van der Waals surface area contributed by atoms with Gasteiger partial charge in [-0.05, 0) is 48.2 Å². The summed E-state index contributed by atoms with van der Waals surface area (Å²) in [4.78, 5) is 19.6. The molecule has 1 N–H and O–H groups in total. The van der Waals surface area contributed by atoms with Crippen molar-refractivity contribution >= 4 is 5.91 Å². The molecule has 4 rings (SSSR count). The van der Waals surface area contributed by atoms with E-state index in [1.165, 1.54) is 0 Å². The van der Waals surface area contributed by atoms with Crippen LogP contribution in [0.3, 0.4) is 0 Å². The SMILES string of the molecule is CNC(=O)C1(Cc2ccc(-c3cccnc3)cc2)CCN(Cc2cccc(OC)c2OC)C1. The number of amides is 1. The topological polar surface area (TPSA) is 63.7 Å². The zero-order chi connectivity index (χ0) is 23.3. The Hall–Kier alpha value is -3.38. The van der Waals surface area contributed by atoms with E-state index < -0.39 is 5.41 Å². The highest BCUT2D eigenvalue weighted by molar-refractivity contribution is 5.83. The average molecular weight is 446 g/mol. The quantitative estimate of drug-likeness (QED) is 0.569. The van der Waals surface area contributed by atoms with Crippen LogP contribution in [0.1, 0.15) is 17.5 Å². The smallest absolute Gasteiger partial charge is 0.227 e. The fraction of sp³-hybridized carbons (Fsp3) is 0.333. The number of carbonyl (C=O) groups is 1. The monoisotopic (exact) mass is 445 g/mol. The molecule has 1 aromatic heterocycles. The lowest BCUT2D eigenvalue weighted by atomic mass is 9.79. The molecule has 1 atom stereocenters. The van der Waals surface area contributed by atoms with Crippen molar-refractivity contribution in [3.63, 3.8) is 0 Å². The first kappa shape index (κ1) is 22.8. The summed E-state index contributed by atoms with van der Waals surface area (Å²) in [7, 11) is 5.03. The summed E-state index contributed by atoms with van der Waals surface area (Å²) in [6.07, 6.45) is 5.15. The summed E-state index contributed by atoms with van der Waals surface area (Å²) in [5.74, 6) is 1.57. The largest absolute Gasteiger partial charge is 0.493 e. The van der Waals surface area contributed by atoms with Crippen LogP contribution in [0.25, 0.3) is 11.1 Å². The summed E-state index contributed by atoms with van der Waals surface area (Å²) in [6.45, 7) is 2.25. The van der Waals surface area contributed by atoms with Crippen LogP contribution >= 0.6 is 0 Å². The second kappa shape index (κ2) is 10.0. The molecule has 0 saturated carbocycles. The number of hydrogen-bond acceptors (Lipinski definition) is 5. The highest BCUT2D eigenvalue weighted by Gasteiger charge is 2.44. The minimum Gasteiger partial charge on any atom is -0.493 e. The van der Waals surface area contributed by atoms with Crippen LogP contribution in [0.5, 0.6) is 11.5 Å². The Morgan fingerprint density at radius 3 is 2.55 bits per heavy atom. The summed E-state index contributed by atoms with van der Waals surface area (Å²) < 4.78 is 11.1. The molecular formula is C27H31N3O3. The predicted molar refractivity (Wildman–Crippen MR) is 129 cm³/mol.